The first-order valence-electron chi connectivity index (χ1n) is 20.1. The number of likely N-dealkylation sites (tertiary alicyclic amines) is 2. The molecule has 16 nitrogen and oxygen atoms in total. The maximum atomic E-state index is 14.0. The third-order valence-electron chi connectivity index (χ3n) is 11.7. The molecule has 2 saturated heterocycles. The quantitative estimate of drug-likeness (QED) is 0.137. The summed E-state index contributed by atoms with van der Waals surface area (Å²) in [6.45, 7) is 8.72. The summed E-state index contributed by atoms with van der Waals surface area (Å²) < 4.78 is 21.7. The summed E-state index contributed by atoms with van der Waals surface area (Å²) >= 11 is 0. The number of esters is 2. The third-order valence-corrected chi connectivity index (χ3v) is 11.7. The molecular formula is C44H50N4O12. The number of amides is 6. The van der Waals surface area contributed by atoms with E-state index in [0.29, 0.717) is 0 Å². The Hall–Kier alpha value is -6.06. The van der Waals surface area contributed by atoms with Crippen LogP contribution in [0.1, 0.15) is 52.7 Å². The number of nitrogens with zero attached hydrogens (tertiary/aromatic N) is 2. The van der Waals surface area contributed by atoms with E-state index in [1.807, 2.05) is 12.2 Å². The molecule has 4 aliphatic carbocycles. The summed E-state index contributed by atoms with van der Waals surface area (Å²) in [5.41, 5.74) is -0.225. The molecule has 6 amide bonds. The molecule has 2 heterocycles. The number of carbonyl (C=O) groups is 8. The molecule has 2 N–H and O–H groups in total. The van der Waals surface area contributed by atoms with Gasteiger partial charge in [-0.25, -0.2) is 29.0 Å². The van der Waals surface area contributed by atoms with Crippen LogP contribution in [0, 0.1) is 47.3 Å². The van der Waals surface area contributed by atoms with E-state index < -0.39 is 132 Å². The summed E-state index contributed by atoms with van der Waals surface area (Å²) in [7, 11) is 0. The maximum Gasteiger partial charge on any atom is 0.408 e. The zero-order valence-corrected chi connectivity index (χ0v) is 34.3. The van der Waals surface area contributed by atoms with Crippen molar-refractivity contribution in [2.45, 2.75) is 77.7 Å². The first-order valence-corrected chi connectivity index (χ1v) is 20.1. The Kier molecular flexibility index (Phi) is 11.3. The van der Waals surface area contributed by atoms with Crippen LogP contribution in [0.4, 0.5) is 9.59 Å². The average molecular weight is 827 g/mol. The number of hydrogen-bond acceptors (Lipinski definition) is 12. The lowest BCUT2D eigenvalue weighted by molar-refractivity contribution is -0.166. The van der Waals surface area contributed by atoms with Crippen molar-refractivity contribution in [3.8, 4) is 0 Å². The number of benzene rings is 2. The van der Waals surface area contributed by atoms with Crippen LogP contribution in [0.3, 0.4) is 0 Å². The molecule has 2 bridgehead atoms. The second-order valence-corrected chi connectivity index (χ2v) is 18.0. The highest BCUT2D eigenvalue weighted by atomic mass is 16.6. The van der Waals surface area contributed by atoms with Crippen LogP contribution in [-0.4, -0.2) is 94.3 Å². The number of imide groups is 2. The molecule has 2 saturated carbocycles. The lowest BCUT2D eigenvalue weighted by Gasteiger charge is -2.60. The lowest BCUT2D eigenvalue weighted by Crippen LogP contribution is -2.63. The molecule has 2 aromatic rings. The van der Waals surface area contributed by atoms with Gasteiger partial charge in [-0.05, 0) is 76.3 Å². The fraction of sp³-hybridized carbons (Fsp3) is 0.500. The number of nitrogens with one attached hydrogen (secondary N) is 2. The monoisotopic (exact) mass is 826 g/mol. The Morgan fingerprint density at radius 2 is 0.883 bits per heavy atom. The molecule has 4 fully saturated rings. The van der Waals surface area contributed by atoms with Gasteiger partial charge in [-0.1, -0.05) is 72.8 Å². The summed E-state index contributed by atoms with van der Waals surface area (Å²) in [4.78, 5) is 110. The summed E-state index contributed by atoms with van der Waals surface area (Å²) in [6, 6.07) is 15.5. The number of rotatable bonds is 12. The molecule has 6 aliphatic rings. The predicted molar refractivity (Wildman–Crippen MR) is 209 cm³/mol. The van der Waals surface area contributed by atoms with Gasteiger partial charge in [-0.2, -0.15) is 0 Å². The minimum absolute atomic E-state index is 0.0573. The second-order valence-electron chi connectivity index (χ2n) is 18.0. The summed E-state index contributed by atoms with van der Waals surface area (Å²) in [5, 5.41) is 5.08. The van der Waals surface area contributed by atoms with Crippen molar-refractivity contribution in [1.29, 1.82) is 0 Å². The average Bonchev–Trinajstić information content (AvgIpc) is 3.53. The standard InChI is InChI=1S/C44H50N4O12/c1-43(2,3)59-41(55)45-27(19-23-13-9-7-10-14-23)39(53)57-21-47-35(49)31-25-17-18-26(32(31)36(47)50)30-29(25)33-34(30)38(52)48(37(33)51)22-58-40(54)28(20-24-15-11-8-12-16-24)46-42(56)60-44(4,5)6/h7-18,25-34H,19-22H2,1-6H3,(H,45,55)(H,46,56)/t25-,26-,27-,28-,29-,30-,31+,32+,33-,34-/m1/s1. The van der Waals surface area contributed by atoms with Crippen molar-refractivity contribution < 1.29 is 57.3 Å². The first kappa shape index (κ1) is 42.1. The number of fused-ring (bicyclic) bond motifs is 1. The smallest absolute Gasteiger partial charge is 0.408 e. The van der Waals surface area contributed by atoms with Crippen LogP contribution in [-0.2, 0) is 60.6 Å². The van der Waals surface area contributed by atoms with E-state index in [2.05, 4.69) is 10.6 Å². The van der Waals surface area contributed by atoms with Crippen molar-refractivity contribution in [2.24, 2.45) is 47.3 Å². The Morgan fingerprint density at radius 3 is 1.22 bits per heavy atom. The zero-order valence-electron chi connectivity index (χ0n) is 34.3. The van der Waals surface area contributed by atoms with Crippen LogP contribution in [0.2, 0.25) is 0 Å². The van der Waals surface area contributed by atoms with E-state index >= 15 is 0 Å². The molecular weight excluding hydrogens is 776 g/mol. The number of hydrogen-bond donors (Lipinski definition) is 2. The van der Waals surface area contributed by atoms with Crippen molar-refractivity contribution in [3.05, 3.63) is 83.9 Å². The van der Waals surface area contributed by atoms with Gasteiger partial charge in [-0.15, -0.1) is 0 Å². The molecule has 2 aromatic carbocycles. The van der Waals surface area contributed by atoms with Crippen LogP contribution < -0.4 is 10.6 Å². The molecule has 60 heavy (non-hydrogen) atoms. The fourth-order valence-corrected chi connectivity index (χ4v) is 9.42. The summed E-state index contributed by atoms with van der Waals surface area (Å²) in [6.07, 6.45) is 2.10. The molecule has 0 unspecified atom stereocenters. The van der Waals surface area contributed by atoms with E-state index in [9.17, 15) is 38.4 Å². The predicted octanol–water partition coefficient (Wildman–Crippen LogP) is 3.52. The highest BCUT2D eigenvalue weighted by molar-refractivity contribution is 6.09. The summed E-state index contributed by atoms with van der Waals surface area (Å²) in [5.74, 6) is -9.10. The highest BCUT2D eigenvalue weighted by Crippen LogP contribution is 2.68. The molecule has 0 radical (unpaired) electrons. The van der Waals surface area contributed by atoms with Crippen molar-refractivity contribution in [2.75, 3.05) is 13.5 Å². The molecule has 2 aliphatic heterocycles. The van der Waals surface area contributed by atoms with Gasteiger partial charge in [-0.3, -0.25) is 19.2 Å². The van der Waals surface area contributed by atoms with E-state index in [-0.39, 0.29) is 12.8 Å². The van der Waals surface area contributed by atoms with E-state index in [0.717, 1.165) is 20.9 Å². The van der Waals surface area contributed by atoms with E-state index in [1.165, 1.54) is 0 Å². The van der Waals surface area contributed by atoms with Crippen LogP contribution in [0.5, 0.6) is 0 Å². The van der Waals surface area contributed by atoms with Crippen LogP contribution >= 0.6 is 0 Å². The van der Waals surface area contributed by atoms with Gasteiger partial charge in [0, 0.05) is 12.8 Å². The van der Waals surface area contributed by atoms with Crippen LogP contribution in [0.25, 0.3) is 0 Å². The molecule has 0 aromatic heterocycles. The second kappa shape index (κ2) is 16.2. The lowest BCUT2D eigenvalue weighted by atomic mass is 9.40. The Balaban J connectivity index is 1.00. The largest absolute Gasteiger partial charge is 0.444 e. The molecule has 318 valence electrons. The van der Waals surface area contributed by atoms with E-state index in [1.54, 1.807) is 102 Å². The van der Waals surface area contributed by atoms with Gasteiger partial charge in [0.15, 0.2) is 13.5 Å². The van der Waals surface area contributed by atoms with Crippen molar-refractivity contribution >= 4 is 47.8 Å². The van der Waals surface area contributed by atoms with Crippen molar-refractivity contribution in [1.82, 2.24) is 20.4 Å². The zero-order chi connectivity index (χ0) is 43.3. The number of alkyl carbamates (subject to hydrolysis) is 2. The Labute approximate surface area is 347 Å². The van der Waals surface area contributed by atoms with Gasteiger partial charge in [0.25, 0.3) is 0 Å². The molecule has 8 rings (SSSR count). The topological polar surface area (TPSA) is 204 Å². The van der Waals surface area contributed by atoms with Crippen LogP contribution in [0.15, 0.2) is 72.8 Å². The Morgan fingerprint density at radius 1 is 0.550 bits per heavy atom. The van der Waals surface area contributed by atoms with Crippen molar-refractivity contribution in [3.63, 3.8) is 0 Å². The normalized spacial score (nSPS) is 27.2. The Bertz CT molecular complexity index is 2040. The SMILES string of the molecule is CC(C)(C)OC(=O)N[C@H](Cc1ccccc1)C(=O)OCN1C(=O)[C@H]2[C@@H]3C=C[C@@H]([C@@H]2C1=O)[C@H]1[C@H]2C(=O)N(COC(=O)[C@@H](Cc4ccccc4)NC(=O)OC(C)(C)C)C(=O)[C@@H]2[C@H]31. The number of carbonyl (C=O) groups excluding carboxylic acids is 8. The minimum atomic E-state index is -1.19. The minimum Gasteiger partial charge on any atom is -0.444 e. The maximum absolute atomic E-state index is 14.0. The first-order chi connectivity index (χ1) is 28.3. The van der Waals surface area contributed by atoms with Gasteiger partial charge in [0.1, 0.15) is 23.3 Å². The molecule has 16 heteroatoms. The third kappa shape index (κ3) is 8.36. The van der Waals surface area contributed by atoms with E-state index in [4.69, 9.17) is 18.9 Å². The van der Waals surface area contributed by atoms with Gasteiger partial charge in [0.05, 0.1) is 23.7 Å². The van der Waals surface area contributed by atoms with Gasteiger partial charge < -0.3 is 29.6 Å². The molecule has 10 atom stereocenters. The number of allylic oxidation sites excluding steroid dienone is 2. The van der Waals surface area contributed by atoms with Gasteiger partial charge in [0.2, 0.25) is 23.6 Å². The molecule has 0 spiro atoms. The van der Waals surface area contributed by atoms with Gasteiger partial charge >= 0.3 is 24.1 Å². The fourth-order valence-electron chi connectivity index (χ4n) is 9.42. The highest BCUT2D eigenvalue weighted by Gasteiger charge is 2.75. The number of ether oxygens (including phenoxy) is 4.